The smallest absolute Gasteiger partial charge is 0.160 e. The summed E-state index contributed by atoms with van der Waals surface area (Å²) in [6, 6.07) is 55.6. The van der Waals surface area contributed by atoms with E-state index in [2.05, 4.69) is 133 Å². The standard InChI is InChI=1S/C47H32N2O/c1-3-14-31(15-4-1)42-30-43(32-16-5-2-6-17-32)49-46(48-42)35-19-13-18-33(28-35)34-26-27-41-45(29-34)50-44-25-12-11-24-40(44)47(41)38-22-9-7-20-36(38)37-21-8-10-23-39(37)47/h1-9,11-22,24-30H,10,23H2. The number of para-hydroxylation sites is 1. The first-order valence-corrected chi connectivity index (χ1v) is 17.3. The SMILES string of the molecule is C1=CC2=C(CC1)C1(c3ccccc3Oc3cc(-c4cccc(-c5nc(-c6ccccc6)cc(-c6ccccc6)n5)c4)ccc31)c1ccccc12. The predicted octanol–water partition coefficient (Wildman–Crippen LogP) is 11.7. The number of nitrogens with zero attached hydrogens (tertiary/aromatic N) is 2. The summed E-state index contributed by atoms with van der Waals surface area (Å²) < 4.78 is 6.80. The Kier molecular flexibility index (Phi) is 6.53. The van der Waals surface area contributed by atoms with Gasteiger partial charge in [0.25, 0.3) is 0 Å². The van der Waals surface area contributed by atoms with Gasteiger partial charge in [0.1, 0.15) is 11.5 Å². The van der Waals surface area contributed by atoms with Crippen molar-refractivity contribution in [3.05, 3.63) is 198 Å². The highest BCUT2D eigenvalue weighted by atomic mass is 16.5. The van der Waals surface area contributed by atoms with Crippen LogP contribution in [0.3, 0.4) is 0 Å². The maximum absolute atomic E-state index is 6.80. The minimum Gasteiger partial charge on any atom is -0.457 e. The number of benzene rings is 6. The van der Waals surface area contributed by atoms with Crippen LogP contribution >= 0.6 is 0 Å². The normalized spacial score (nSPS) is 16.7. The molecule has 3 heteroatoms. The number of ether oxygens (including phenoxy) is 1. The fourth-order valence-corrected chi connectivity index (χ4v) is 8.28. The first kappa shape index (κ1) is 28.7. The van der Waals surface area contributed by atoms with Gasteiger partial charge >= 0.3 is 0 Å². The van der Waals surface area contributed by atoms with Gasteiger partial charge in [-0.3, -0.25) is 0 Å². The van der Waals surface area contributed by atoms with Crippen molar-refractivity contribution in [3.8, 4) is 56.5 Å². The average molecular weight is 641 g/mol. The molecule has 50 heavy (non-hydrogen) atoms. The van der Waals surface area contributed by atoms with Crippen LogP contribution < -0.4 is 4.74 Å². The molecule has 1 unspecified atom stereocenters. The van der Waals surface area contributed by atoms with Crippen molar-refractivity contribution in [2.75, 3.05) is 0 Å². The quantitative estimate of drug-likeness (QED) is 0.192. The lowest BCUT2D eigenvalue weighted by molar-refractivity contribution is 0.432. The molecule has 0 saturated carbocycles. The number of fused-ring (bicyclic) bond motifs is 8. The third-order valence-electron chi connectivity index (χ3n) is 10.5. The van der Waals surface area contributed by atoms with E-state index in [9.17, 15) is 0 Å². The van der Waals surface area contributed by atoms with Gasteiger partial charge in [-0.2, -0.15) is 0 Å². The topological polar surface area (TPSA) is 35.0 Å². The Morgan fingerprint density at radius 2 is 1.10 bits per heavy atom. The fraction of sp³-hybridized carbons (Fsp3) is 0.0638. The molecule has 1 aromatic heterocycles. The van der Waals surface area contributed by atoms with E-state index in [-0.39, 0.29) is 5.41 Å². The molecule has 6 aromatic carbocycles. The number of hydrogen-bond acceptors (Lipinski definition) is 3. The van der Waals surface area contributed by atoms with E-state index < -0.39 is 0 Å². The lowest BCUT2D eigenvalue weighted by atomic mass is 9.64. The number of allylic oxidation sites excluding steroid dienone is 4. The van der Waals surface area contributed by atoms with Crippen LogP contribution in [0.5, 0.6) is 11.5 Å². The highest BCUT2D eigenvalue weighted by molar-refractivity contribution is 5.92. The molecule has 236 valence electrons. The second-order valence-corrected chi connectivity index (χ2v) is 13.2. The molecule has 10 rings (SSSR count). The molecule has 1 atom stereocenters. The van der Waals surface area contributed by atoms with Gasteiger partial charge in [-0.1, -0.05) is 146 Å². The third kappa shape index (κ3) is 4.37. The Hall–Kier alpha value is -6.32. The van der Waals surface area contributed by atoms with E-state index in [4.69, 9.17) is 14.7 Å². The van der Waals surface area contributed by atoms with Crippen molar-refractivity contribution < 1.29 is 4.74 Å². The van der Waals surface area contributed by atoms with Crippen molar-refractivity contribution in [1.29, 1.82) is 0 Å². The summed E-state index contributed by atoms with van der Waals surface area (Å²) >= 11 is 0. The zero-order chi connectivity index (χ0) is 33.1. The summed E-state index contributed by atoms with van der Waals surface area (Å²) in [6.07, 6.45) is 6.71. The van der Waals surface area contributed by atoms with Crippen LogP contribution in [0.25, 0.3) is 50.6 Å². The summed E-state index contributed by atoms with van der Waals surface area (Å²) in [6.45, 7) is 0. The van der Waals surface area contributed by atoms with Gasteiger partial charge in [0.15, 0.2) is 5.82 Å². The third-order valence-corrected chi connectivity index (χ3v) is 10.5. The van der Waals surface area contributed by atoms with Crippen molar-refractivity contribution in [3.63, 3.8) is 0 Å². The molecule has 2 aliphatic carbocycles. The molecular formula is C47H32N2O. The van der Waals surface area contributed by atoms with Crippen LogP contribution in [0.15, 0.2) is 175 Å². The maximum atomic E-state index is 6.80. The molecule has 3 aliphatic rings. The summed E-state index contributed by atoms with van der Waals surface area (Å²) in [5, 5.41) is 0. The second-order valence-electron chi connectivity index (χ2n) is 13.2. The van der Waals surface area contributed by atoms with Crippen molar-refractivity contribution >= 4 is 5.57 Å². The minimum atomic E-state index is -0.388. The van der Waals surface area contributed by atoms with Gasteiger partial charge in [-0.15, -0.1) is 0 Å². The van der Waals surface area contributed by atoms with Gasteiger partial charge in [-0.25, -0.2) is 9.97 Å². The molecule has 0 radical (unpaired) electrons. The summed E-state index contributed by atoms with van der Waals surface area (Å²) in [7, 11) is 0. The molecule has 1 spiro atoms. The highest BCUT2D eigenvalue weighted by Crippen LogP contribution is 2.63. The highest BCUT2D eigenvalue weighted by Gasteiger charge is 2.51. The zero-order valence-corrected chi connectivity index (χ0v) is 27.4. The van der Waals surface area contributed by atoms with E-state index in [1.807, 2.05) is 36.4 Å². The summed E-state index contributed by atoms with van der Waals surface area (Å²) in [5.74, 6) is 2.52. The maximum Gasteiger partial charge on any atom is 0.160 e. The van der Waals surface area contributed by atoms with Gasteiger partial charge < -0.3 is 4.74 Å². The van der Waals surface area contributed by atoms with Crippen LogP contribution in [-0.2, 0) is 5.41 Å². The van der Waals surface area contributed by atoms with Crippen LogP contribution in [-0.4, -0.2) is 9.97 Å². The van der Waals surface area contributed by atoms with E-state index in [1.54, 1.807) is 0 Å². The predicted molar refractivity (Wildman–Crippen MR) is 202 cm³/mol. The monoisotopic (exact) mass is 640 g/mol. The molecule has 3 nitrogen and oxygen atoms in total. The van der Waals surface area contributed by atoms with Crippen LogP contribution in [0.4, 0.5) is 0 Å². The van der Waals surface area contributed by atoms with Crippen LogP contribution in [0.1, 0.15) is 35.1 Å². The second kappa shape index (κ2) is 11.4. The number of rotatable bonds is 4. The molecular weight excluding hydrogens is 609 g/mol. The fourth-order valence-electron chi connectivity index (χ4n) is 8.28. The number of aromatic nitrogens is 2. The summed E-state index contributed by atoms with van der Waals surface area (Å²) in [5.41, 5.74) is 14.6. The van der Waals surface area contributed by atoms with Crippen LogP contribution in [0, 0.1) is 0 Å². The molecule has 1 aliphatic heterocycles. The number of hydrogen-bond donors (Lipinski definition) is 0. The summed E-state index contributed by atoms with van der Waals surface area (Å²) in [4.78, 5) is 10.2. The Bertz CT molecular complexity index is 2460. The Labute approximate surface area is 291 Å². The lowest BCUT2D eigenvalue weighted by Crippen LogP contribution is -2.33. The first-order valence-electron chi connectivity index (χ1n) is 17.3. The molecule has 0 saturated heterocycles. The van der Waals surface area contributed by atoms with Crippen molar-refractivity contribution in [2.24, 2.45) is 0 Å². The largest absolute Gasteiger partial charge is 0.457 e. The van der Waals surface area contributed by atoms with Crippen molar-refractivity contribution in [2.45, 2.75) is 18.3 Å². The first-order chi connectivity index (χ1) is 24.8. The Morgan fingerprint density at radius 3 is 1.88 bits per heavy atom. The van der Waals surface area contributed by atoms with Gasteiger partial charge in [0, 0.05) is 27.8 Å². The van der Waals surface area contributed by atoms with E-state index in [0.29, 0.717) is 5.82 Å². The molecule has 0 amide bonds. The zero-order valence-electron chi connectivity index (χ0n) is 27.4. The van der Waals surface area contributed by atoms with E-state index in [1.165, 1.54) is 33.4 Å². The molecule has 0 fully saturated rings. The molecule has 0 N–H and O–H groups in total. The van der Waals surface area contributed by atoms with E-state index in [0.717, 1.165) is 63.5 Å². The van der Waals surface area contributed by atoms with Gasteiger partial charge in [0.05, 0.1) is 16.8 Å². The lowest BCUT2D eigenvalue weighted by Gasteiger charge is -2.41. The molecule has 0 bridgehead atoms. The Balaban J connectivity index is 1.12. The Morgan fingerprint density at radius 1 is 0.480 bits per heavy atom. The minimum absolute atomic E-state index is 0.388. The average Bonchev–Trinajstić information content (AvgIpc) is 3.49. The molecule has 2 heterocycles. The van der Waals surface area contributed by atoms with Crippen LogP contribution in [0.2, 0.25) is 0 Å². The molecule has 7 aromatic rings. The van der Waals surface area contributed by atoms with Gasteiger partial charge in [0.2, 0.25) is 0 Å². The van der Waals surface area contributed by atoms with Gasteiger partial charge in [-0.05, 0) is 70.5 Å². The van der Waals surface area contributed by atoms with Crippen molar-refractivity contribution in [1.82, 2.24) is 9.97 Å². The van der Waals surface area contributed by atoms with E-state index >= 15 is 0 Å².